The average molecular weight is 499 g/mol. The van der Waals surface area contributed by atoms with Crippen molar-refractivity contribution in [3.05, 3.63) is 59.4 Å². The van der Waals surface area contributed by atoms with Crippen LogP contribution in [0, 0.1) is 12.8 Å². The third-order valence-corrected chi connectivity index (χ3v) is 7.07. The van der Waals surface area contributed by atoms with Crippen molar-refractivity contribution in [2.45, 2.75) is 29.7 Å². The smallest absolute Gasteiger partial charge is 0.227 e. The molecule has 0 unspecified atom stereocenters. The third-order valence-electron chi connectivity index (χ3n) is 5.78. The number of nitrogens with zero attached hydrogens (tertiary/aromatic N) is 3. The molecule has 1 fully saturated rings. The summed E-state index contributed by atoms with van der Waals surface area (Å²) in [4.78, 5) is 25.5. The fourth-order valence-electron chi connectivity index (χ4n) is 3.86. The Kier molecular flexibility index (Phi) is 7.80. The van der Waals surface area contributed by atoms with Gasteiger partial charge in [0.2, 0.25) is 5.91 Å². The Morgan fingerprint density at radius 3 is 2.47 bits per heavy atom. The van der Waals surface area contributed by atoms with Crippen molar-refractivity contribution < 1.29 is 14.3 Å². The Morgan fingerprint density at radius 1 is 1.09 bits per heavy atom. The molecule has 0 saturated carbocycles. The Balaban J connectivity index is 1.41. The largest absolute Gasteiger partial charge is 0.497 e. The molecule has 1 N–H and O–H groups in total. The van der Waals surface area contributed by atoms with Crippen molar-refractivity contribution in [2.24, 2.45) is 5.92 Å². The molecule has 1 aliphatic rings. The number of benzene rings is 2. The molecule has 9 heteroatoms. The maximum atomic E-state index is 13.0. The van der Waals surface area contributed by atoms with Gasteiger partial charge in [0.15, 0.2) is 5.82 Å². The minimum Gasteiger partial charge on any atom is -0.497 e. The van der Waals surface area contributed by atoms with E-state index in [1.807, 2.05) is 0 Å². The molecule has 0 radical (unpaired) electrons. The van der Waals surface area contributed by atoms with Gasteiger partial charge in [0, 0.05) is 48.4 Å². The van der Waals surface area contributed by atoms with Crippen LogP contribution in [0.2, 0.25) is 5.02 Å². The second kappa shape index (κ2) is 11.0. The summed E-state index contributed by atoms with van der Waals surface area (Å²) in [6.45, 7) is 3.50. The van der Waals surface area contributed by atoms with Gasteiger partial charge in [0.25, 0.3) is 0 Å². The van der Waals surface area contributed by atoms with Crippen molar-refractivity contribution in [3.8, 4) is 11.5 Å². The van der Waals surface area contributed by atoms with E-state index in [4.69, 9.17) is 21.1 Å². The lowest BCUT2D eigenvalue weighted by atomic mass is 9.96. The molecule has 4 rings (SSSR count). The number of carbonyl (C=O) groups is 1. The van der Waals surface area contributed by atoms with Gasteiger partial charge in [-0.05, 0) is 31.9 Å². The highest BCUT2D eigenvalue weighted by Gasteiger charge is 2.28. The van der Waals surface area contributed by atoms with E-state index < -0.39 is 0 Å². The Bertz CT molecular complexity index is 1150. The number of hydrogen-bond donors (Lipinski definition) is 1. The molecule has 2 aromatic carbocycles. The first-order valence-electron chi connectivity index (χ1n) is 11.0. The summed E-state index contributed by atoms with van der Waals surface area (Å²) in [5, 5.41) is 4.19. The molecule has 2 heterocycles. The van der Waals surface area contributed by atoms with Crippen molar-refractivity contribution >= 4 is 40.8 Å². The maximum Gasteiger partial charge on any atom is 0.227 e. The summed E-state index contributed by atoms with van der Waals surface area (Å²) in [6.07, 6.45) is 4.83. The van der Waals surface area contributed by atoms with E-state index in [1.165, 1.54) is 12.7 Å². The molecule has 0 bridgehead atoms. The second-order valence-electron chi connectivity index (χ2n) is 8.04. The SMILES string of the molecule is COc1cc(Cl)c(NC(=O)C2CCN(c3nccnc3Sc3ccc(C)cc3)CC2)c(OC)c1. The first kappa shape index (κ1) is 24.2. The predicted octanol–water partition coefficient (Wildman–Crippen LogP) is 5.46. The number of nitrogens with one attached hydrogen (secondary N) is 1. The standard InChI is InChI=1S/C25H27ClN4O3S/c1-16-4-6-19(7-5-16)34-25-23(27-10-11-28-25)30-12-8-17(9-13-30)24(31)29-22-20(26)14-18(32-2)15-21(22)33-3/h4-7,10-11,14-15,17H,8-9,12-13H2,1-3H3,(H,29,31). The van der Waals surface area contributed by atoms with Crippen molar-refractivity contribution in [3.63, 3.8) is 0 Å². The zero-order chi connectivity index (χ0) is 24.1. The summed E-state index contributed by atoms with van der Waals surface area (Å²) in [7, 11) is 3.09. The van der Waals surface area contributed by atoms with E-state index >= 15 is 0 Å². The van der Waals surface area contributed by atoms with Crippen molar-refractivity contribution in [1.82, 2.24) is 9.97 Å². The van der Waals surface area contributed by atoms with E-state index in [1.54, 1.807) is 43.4 Å². The normalized spacial score (nSPS) is 14.1. The Hall–Kier alpha value is -2.97. The van der Waals surface area contributed by atoms with Crippen molar-refractivity contribution in [2.75, 3.05) is 37.5 Å². The van der Waals surface area contributed by atoms with Gasteiger partial charge >= 0.3 is 0 Å². The van der Waals surface area contributed by atoms with Gasteiger partial charge in [-0.15, -0.1) is 0 Å². The molecule has 1 saturated heterocycles. The second-order valence-corrected chi connectivity index (χ2v) is 9.51. The molecule has 3 aromatic rings. The number of carbonyl (C=O) groups excluding carboxylic acids is 1. The summed E-state index contributed by atoms with van der Waals surface area (Å²) < 4.78 is 10.6. The fraction of sp³-hybridized carbons (Fsp3) is 0.320. The van der Waals surface area contributed by atoms with Crippen LogP contribution in [0.25, 0.3) is 0 Å². The highest BCUT2D eigenvalue weighted by molar-refractivity contribution is 7.99. The van der Waals surface area contributed by atoms with E-state index in [0.29, 0.717) is 48.1 Å². The highest BCUT2D eigenvalue weighted by Crippen LogP contribution is 2.38. The van der Waals surface area contributed by atoms with Crippen LogP contribution in [-0.2, 0) is 4.79 Å². The fourth-order valence-corrected chi connectivity index (χ4v) is 4.99. The number of halogens is 1. The minimum atomic E-state index is -0.135. The van der Waals surface area contributed by atoms with E-state index in [2.05, 4.69) is 51.4 Å². The molecular formula is C25H27ClN4O3S. The number of aromatic nitrogens is 2. The monoisotopic (exact) mass is 498 g/mol. The molecule has 1 aliphatic heterocycles. The molecule has 7 nitrogen and oxygen atoms in total. The van der Waals surface area contributed by atoms with Gasteiger partial charge in [0.1, 0.15) is 22.2 Å². The van der Waals surface area contributed by atoms with Gasteiger partial charge in [0.05, 0.1) is 19.2 Å². The molecule has 0 atom stereocenters. The van der Waals surface area contributed by atoms with Crippen LogP contribution in [0.4, 0.5) is 11.5 Å². The van der Waals surface area contributed by atoms with E-state index in [-0.39, 0.29) is 11.8 Å². The predicted molar refractivity (Wildman–Crippen MR) is 135 cm³/mol. The molecule has 1 amide bonds. The lowest BCUT2D eigenvalue weighted by Crippen LogP contribution is -2.39. The van der Waals surface area contributed by atoms with Crippen LogP contribution in [-0.4, -0.2) is 43.2 Å². The Labute approximate surface area is 208 Å². The zero-order valence-corrected chi connectivity index (χ0v) is 20.9. The summed E-state index contributed by atoms with van der Waals surface area (Å²) >= 11 is 7.97. The highest BCUT2D eigenvalue weighted by atomic mass is 35.5. The molecule has 0 spiro atoms. The van der Waals surface area contributed by atoms with Crippen LogP contribution in [0.3, 0.4) is 0 Å². The van der Waals surface area contributed by atoms with Gasteiger partial charge in [-0.25, -0.2) is 9.97 Å². The maximum absolute atomic E-state index is 13.0. The number of aryl methyl sites for hydroxylation is 1. The number of rotatable bonds is 7. The number of hydrogen-bond acceptors (Lipinski definition) is 7. The van der Waals surface area contributed by atoms with Crippen molar-refractivity contribution in [1.29, 1.82) is 0 Å². The molecular weight excluding hydrogens is 472 g/mol. The quantitative estimate of drug-likeness (QED) is 0.463. The van der Waals surface area contributed by atoms with E-state index in [0.717, 1.165) is 15.7 Å². The number of ether oxygens (including phenoxy) is 2. The van der Waals surface area contributed by atoms with Gasteiger partial charge in [-0.2, -0.15) is 0 Å². The average Bonchev–Trinajstić information content (AvgIpc) is 2.86. The number of methoxy groups -OCH3 is 2. The van der Waals surface area contributed by atoms with Gasteiger partial charge in [-0.1, -0.05) is 41.1 Å². The molecule has 178 valence electrons. The van der Waals surface area contributed by atoms with Crippen LogP contribution in [0.5, 0.6) is 11.5 Å². The van der Waals surface area contributed by atoms with Crippen LogP contribution < -0.4 is 19.7 Å². The number of amides is 1. The topological polar surface area (TPSA) is 76.6 Å². The number of piperidine rings is 1. The lowest BCUT2D eigenvalue weighted by molar-refractivity contribution is -0.120. The summed E-state index contributed by atoms with van der Waals surface area (Å²) in [5.41, 5.74) is 1.68. The zero-order valence-electron chi connectivity index (χ0n) is 19.4. The third kappa shape index (κ3) is 5.56. The summed E-state index contributed by atoms with van der Waals surface area (Å²) in [5.74, 6) is 1.68. The summed E-state index contributed by atoms with van der Waals surface area (Å²) in [6, 6.07) is 11.7. The van der Waals surface area contributed by atoms with Crippen LogP contribution >= 0.6 is 23.4 Å². The lowest BCUT2D eigenvalue weighted by Gasteiger charge is -2.32. The first-order chi connectivity index (χ1) is 16.5. The van der Waals surface area contributed by atoms with Crippen LogP contribution in [0.1, 0.15) is 18.4 Å². The van der Waals surface area contributed by atoms with Crippen LogP contribution in [0.15, 0.2) is 58.7 Å². The van der Waals surface area contributed by atoms with E-state index in [9.17, 15) is 4.79 Å². The van der Waals surface area contributed by atoms with Gasteiger partial charge < -0.3 is 19.7 Å². The molecule has 1 aromatic heterocycles. The molecule has 34 heavy (non-hydrogen) atoms. The first-order valence-corrected chi connectivity index (χ1v) is 12.2. The minimum absolute atomic E-state index is 0.0709. The molecule has 0 aliphatic carbocycles. The van der Waals surface area contributed by atoms with Gasteiger partial charge in [-0.3, -0.25) is 4.79 Å². The Morgan fingerprint density at radius 2 is 1.79 bits per heavy atom. The number of anilines is 2.